The monoisotopic (exact) mass is 397 g/mol. The highest BCUT2D eigenvalue weighted by molar-refractivity contribution is 5.94. The highest BCUT2D eigenvalue weighted by Crippen LogP contribution is 2.22. The summed E-state index contributed by atoms with van der Waals surface area (Å²) in [5.74, 6) is -0.0778. The number of benzene rings is 1. The van der Waals surface area contributed by atoms with E-state index in [1.54, 1.807) is 12.1 Å². The number of ether oxygens (including phenoxy) is 2. The fourth-order valence-electron chi connectivity index (χ4n) is 2.99. The Morgan fingerprint density at radius 1 is 1.04 bits per heavy atom. The minimum absolute atomic E-state index is 0.0778. The number of aryl methyl sites for hydroxylation is 1. The van der Waals surface area contributed by atoms with Gasteiger partial charge in [-0.1, -0.05) is 30.5 Å². The minimum atomic E-state index is -1.42. The van der Waals surface area contributed by atoms with E-state index in [9.17, 15) is 20.1 Å². The van der Waals surface area contributed by atoms with Crippen molar-refractivity contribution in [1.82, 2.24) is 5.32 Å². The number of amides is 1. The molecular formula is C20H31NO7. The molecule has 1 aliphatic heterocycles. The number of hydrogen-bond acceptors (Lipinski definition) is 7. The Balaban J connectivity index is 1.54. The maximum Gasteiger partial charge on any atom is 0.251 e. The summed E-state index contributed by atoms with van der Waals surface area (Å²) in [6, 6.07) is 7.43. The quantitative estimate of drug-likeness (QED) is 0.354. The van der Waals surface area contributed by atoms with E-state index in [0.717, 1.165) is 31.2 Å². The number of nitrogens with one attached hydrogen (secondary N) is 1. The van der Waals surface area contributed by atoms with Gasteiger partial charge in [0.1, 0.15) is 24.4 Å². The second-order valence-corrected chi connectivity index (χ2v) is 7.10. The van der Waals surface area contributed by atoms with Gasteiger partial charge in [0.15, 0.2) is 6.29 Å². The van der Waals surface area contributed by atoms with Gasteiger partial charge in [0.05, 0.1) is 6.61 Å². The van der Waals surface area contributed by atoms with Crippen molar-refractivity contribution in [2.24, 2.45) is 0 Å². The van der Waals surface area contributed by atoms with Crippen LogP contribution in [0.2, 0.25) is 0 Å². The van der Waals surface area contributed by atoms with Gasteiger partial charge < -0.3 is 35.2 Å². The second-order valence-electron chi connectivity index (χ2n) is 7.10. The van der Waals surface area contributed by atoms with Crippen molar-refractivity contribution in [3.05, 3.63) is 35.4 Å². The van der Waals surface area contributed by atoms with Crippen molar-refractivity contribution in [2.45, 2.75) is 63.3 Å². The molecule has 0 spiro atoms. The lowest BCUT2D eigenvalue weighted by Gasteiger charge is -2.39. The van der Waals surface area contributed by atoms with Crippen LogP contribution in [0.1, 0.15) is 41.6 Å². The molecule has 0 radical (unpaired) electrons. The van der Waals surface area contributed by atoms with Gasteiger partial charge in [-0.3, -0.25) is 4.79 Å². The van der Waals surface area contributed by atoms with Gasteiger partial charge in [0.2, 0.25) is 0 Å². The molecule has 8 nitrogen and oxygen atoms in total. The normalized spacial score (nSPS) is 27.5. The number of carbonyl (C=O) groups is 1. The van der Waals surface area contributed by atoms with Crippen LogP contribution >= 0.6 is 0 Å². The summed E-state index contributed by atoms with van der Waals surface area (Å²) >= 11 is 0. The van der Waals surface area contributed by atoms with Crippen molar-refractivity contribution in [2.75, 3.05) is 19.8 Å². The van der Waals surface area contributed by atoms with Crippen molar-refractivity contribution in [3.8, 4) is 0 Å². The maximum absolute atomic E-state index is 12.0. The van der Waals surface area contributed by atoms with E-state index in [4.69, 9.17) is 14.6 Å². The molecule has 28 heavy (non-hydrogen) atoms. The molecule has 0 aromatic heterocycles. The minimum Gasteiger partial charge on any atom is -0.394 e. The smallest absolute Gasteiger partial charge is 0.251 e. The molecule has 2 unspecified atom stereocenters. The first-order chi connectivity index (χ1) is 13.4. The van der Waals surface area contributed by atoms with Crippen LogP contribution in [0.15, 0.2) is 24.3 Å². The average molecular weight is 397 g/mol. The molecule has 1 amide bonds. The molecule has 1 aliphatic rings. The van der Waals surface area contributed by atoms with Gasteiger partial charge >= 0.3 is 0 Å². The molecule has 158 valence electrons. The third-order valence-corrected chi connectivity index (χ3v) is 4.80. The van der Waals surface area contributed by atoms with E-state index in [1.807, 2.05) is 19.1 Å². The lowest BCUT2D eigenvalue weighted by Crippen LogP contribution is -2.59. The van der Waals surface area contributed by atoms with Crippen LogP contribution in [0.3, 0.4) is 0 Å². The van der Waals surface area contributed by atoms with E-state index in [-0.39, 0.29) is 5.91 Å². The van der Waals surface area contributed by atoms with Crippen LogP contribution in [0.4, 0.5) is 0 Å². The largest absolute Gasteiger partial charge is 0.394 e. The van der Waals surface area contributed by atoms with Gasteiger partial charge in [-0.2, -0.15) is 0 Å². The zero-order chi connectivity index (χ0) is 20.5. The Labute approximate surface area is 165 Å². The summed E-state index contributed by atoms with van der Waals surface area (Å²) in [5, 5.41) is 41.3. The molecule has 1 aromatic rings. The Bertz CT molecular complexity index is 593. The fourth-order valence-corrected chi connectivity index (χ4v) is 2.99. The third kappa shape index (κ3) is 6.51. The molecule has 0 saturated carbocycles. The van der Waals surface area contributed by atoms with Gasteiger partial charge in [-0.05, 0) is 31.9 Å². The topological polar surface area (TPSA) is 128 Å². The molecule has 1 heterocycles. The molecule has 5 atom stereocenters. The standard InChI is InChI=1S/C20H31NO7/c1-13-6-8-14(9-7-13)19(26)21-10-4-2-3-5-11-27-20-18(25)17(24)16(23)15(12-22)28-20/h6-9,15-18,20,22-25H,2-5,10-12H2,1H3,(H,21,26)/t15?,16-,17-,18?,20+/m0/s1. The molecule has 8 heteroatoms. The number of carbonyl (C=O) groups excluding carboxylic acids is 1. The first-order valence-corrected chi connectivity index (χ1v) is 9.71. The Hall–Kier alpha value is -1.55. The van der Waals surface area contributed by atoms with Gasteiger partial charge in [-0.25, -0.2) is 0 Å². The molecular weight excluding hydrogens is 366 g/mol. The maximum atomic E-state index is 12.0. The SMILES string of the molecule is Cc1ccc(C(=O)NCCCCCCO[C@@H]2OC(CO)[C@H](O)[C@H](O)C2O)cc1. The predicted molar refractivity (Wildman–Crippen MR) is 102 cm³/mol. The highest BCUT2D eigenvalue weighted by atomic mass is 16.7. The molecule has 0 bridgehead atoms. The first-order valence-electron chi connectivity index (χ1n) is 9.71. The van der Waals surface area contributed by atoms with E-state index >= 15 is 0 Å². The molecule has 2 rings (SSSR count). The Kier molecular flexibility index (Phi) is 9.30. The average Bonchev–Trinajstić information content (AvgIpc) is 2.70. The van der Waals surface area contributed by atoms with Crippen molar-refractivity contribution in [3.63, 3.8) is 0 Å². The summed E-state index contributed by atoms with van der Waals surface area (Å²) < 4.78 is 10.7. The predicted octanol–water partition coefficient (Wildman–Crippen LogP) is 0.102. The highest BCUT2D eigenvalue weighted by Gasteiger charge is 2.43. The van der Waals surface area contributed by atoms with Crippen LogP contribution in [0.25, 0.3) is 0 Å². The molecule has 5 N–H and O–H groups in total. The lowest BCUT2D eigenvalue weighted by atomic mass is 9.99. The Morgan fingerprint density at radius 2 is 1.71 bits per heavy atom. The van der Waals surface area contributed by atoms with E-state index in [0.29, 0.717) is 18.7 Å². The number of aliphatic hydroxyl groups is 4. The summed E-state index contributed by atoms with van der Waals surface area (Å²) in [6.45, 7) is 2.42. The van der Waals surface area contributed by atoms with Gasteiger partial charge in [-0.15, -0.1) is 0 Å². The molecule has 1 fully saturated rings. The second kappa shape index (κ2) is 11.5. The molecule has 1 aromatic carbocycles. The van der Waals surface area contributed by atoms with Crippen LogP contribution in [-0.2, 0) is 9.47 Å². The summed E-state index contributed by atoms with van der Waals surface area (Å²) in [7, 11) is 0. The number of aliphatic hydroxyl groups excluding tert-OH is 4. The number of unbranched alkanes of at least 4 members (excludes halogenated alkanes) is 3. The van der Waals surface area contributed by atoms with Gasteiger partial charge in [0, 0.05) is 18.7 Å². The zero-order valence-electron chi connectivity index (χ0n) is 16.2. The van der Waals surface area contributed by atoms with Crippen LogP contribution in [0.5, 0.6) is 0 Å². The van der Waals surface area contributed by atoms with Crippen molar-refractivity contribution in [1.29, 1.82) is 0 Å². The fraction of sp³-hybridized carbons (Fsp3) is 0.650. The molecule has 1 saturated heterocycles. The van der Waals surface area contributed by atoms with Crippen LogP contribution in [-0.4, -0.2) is 76.8 Å². The summed E-state index contributed by atoms with van der Waals surface area (Å²) in [6.07, 6.45) is -2.86. The van der Waals surface area contributed by atoms with E-state index in [2.05, 4.69) is 5.32 Å². The van der Waals surface area contributed by atoms with Crippen LogP contribution < -0.4 is 5.32 Å². The number of rotatable bonds is 10. The van der Waals surface area contributed by atoms with Crippen molar-refractivity contribution < 1.29 is 34.7 Å². The van der Waals surface area contributed by atoms with Crippen molar-refractivity contribution >= 4 is 5.91 Å². The third-order valence-electron chi connectivity index (χ3n) is 4.80. The molecule has 0 aliphatic carbocycles. The van der Waals surface area contributed by atoms with E-state index in [1.165, 1.54) is 0 Å². The van der Waals surface area contributed by atoms with Crippen LogP contribution in [0, 0.1) is 6.92 Å². The lowest BCUT2D eigenvalue weighted by molar-refractivity contribution is -0.301. The van der Waals surface area contributed by atoms with E-state index < -0.39 is 37.3 Å². The summed E-state index contributed by atoms with van der Waals surface area (Å²) in [5.41, 5.74) is 1.76. The number of hydrogen-bond donors (Lipinski definition) is 5. The summed E-state index contributed by atoms with van der Waals surface area (Å²) in [4.78, 5) is 12.0. The first kappa shape index (κ1) is 22.7. The van der Waals surface area contributed by atoms with Gasteiger partial charge in [0.25, 0.3) is 5.91 Å². The zero-order valence-corrected chi connectivity index (χ0v) is 16.2. The Morgan fingerprint density at radius 3 is 2.39 bits per heavy atom.